The van der Waals surface area contributed by atoms with E-state index in [4.69, 9.17) is 0 Å². The highest BCUT2D eigenvalue weighted by atomic mass is 16.2. The van der Waals surface area contributed by atoms with Gasteiger partial charge in [-0.25, -0.2) is 9.97 Å². The van der Waals surface area contributed by atoms with Crippen LogP contribution in [0.2, 0.25) is 0 Å². The third kappa shape index (κ3) is 3.53. The van der Waals surface area contributed by atoms with E-state index in [1.807, 2.05) is 44.2 Å². The highest BCUT2D eigenvalue weighted by molar-refractivity contribution is 5.96. The molecule has 0 bridgehead atoms. The summed E-state index contributed by atoms with van der Waals surface area (Å²) in [6, 6.07) is 9.42. The first-order valence-electron chi connectivity index (χ1n) is 7.52. The van der Waals surface area contributed by atoms with Crippen molar-refractivity contribution in [2.75, 3.05) is 10.6 Å². The van der Waals surface area contributed by atoms with Crippen molar-refractivity contribution in [1.82, 2.24) is 9.97 Å². The summed E-state index contributed by atoms with van der Waals surface area (Å²) in [5.74, 6) is -0.0828. The van der Waals surface area contributed by atoms with Gasteiger partial charge in [0.25, 0.3) is 0 Å². The molecule has 1 atom stereocenters. The number of nitrogens with one attached hydrogen (secondary N) is 2. The number of benzene rings is 1. The third-order valence-corrected chi connectivity index (χ3v) is 3.77. The molecule has 1 aliphatic heterocycles. The molecule has 6 heteroatoms. The van der Waals surface area contributed by atoms with Crippen LogP contribution in [-0.2, 0) is 9.59 Å². The lowest BCUT2D eigenvalue weighted by Gasteiger charge is -2.25. The van der Waals surface area contributed by atoms with E-state index in [-0.39, 0.29) is 24.2 Å². The van der Waals surface area contributed by atoms with Gasteiger partial charge < -0.3 is 5.32 Å². The molecule has 1 aliphatic rings. The molecule has 2 amide bonds. The molecule has 23 heavy (non-hydrogen) atoms. The van der Waals surface area contributed by atoms with Crippen molar-refractivity contribution in [3.63, 3.8) is 0 Å². The molecule has 0 fully saturated rings. The molecule has 2 aromatic rings. The Morgan fingerprint density at radius 3 is 2.70 bits per heavy atom. The molecule has 3 rings (SSSR count). The van der Waals surface area contributed by atoms with Crippen LogP contribution in [0.1, 0.15) is 35.7 Å². The summed E-state index contributed by atoms with van der Waals surface area (Å²) < 4.78 is 0. The number of amides is 2. The molecule has 0 aliphatic carbocycles. The van der Waals surface area contributed by atoms with Gasteiger partial charge in [0.2, 0.25) is 17.8 Å². The van der Waals surface area contributed by atoms with E-state index in [1.165, 1.54) is 0 Å². The number of nitrogens with zero attached hydrogens (tertiary/aromatic N) is 2. The Hall–Kier alpha value is -2.76. The van der Waals surface area contributed by atoms with Crippen molar-refractivity contribution in [3.8, 4) is 0 Å². The third-order valence-electron chi connectivity index (χ3n) is 3.77. The van der Waals surface area contributed by atoms with Gasteiger partial charge in [-0.1, -0.05) is 18.2 Å². The zero-order valence-electron chi connectivity index (χ0n) is 13.1. The second-order valence-corrected chi connectivity index (χ2v) is 5.76. The normalized spacial score (nSPS) is 16.4. The Labute approximate surface area is 134 Å². The zero-order chi connectivity index (χ0) is 16.4. The fourth-order valence-corrected chi connectivity index (χ4v) is 2.87. The summed E-state index contributed by atoms with van der Waals surface area (Å²) >= 11 is 0. The molecular weight excluding hydrogens is 292 g/mol. The Morgan fingerprint density at radius 2 is 1.96 bits per heavy atom. The predicted molar refractivity (Wildman–Crippen MR) is 87.2 cm³/mol. The Kier molecular flexibility index (Phi) is 4.06. The maximum atomic E-state index is 12.3. The van der Waals surface area contributed by atoms with E-state index in [9.17, 15) is 9.59 Å². The molecule has 1 aromatic heterocycles. The number of para-hydroxylation sites is 1. The van der Waals surface area contributed by atoms with Crippen molar-refractivity contribution >= 4 is 23.5 Å². The van der Waals surface area contributed by atoms with Crippen molar-refractivity contribution in [2.45, 2.75) is 32.6 Å². The van der Waals surface area contributed by atoms with E-state index in [0.717, 1.165) is 22.6 Å². The second-order valence-electron chi connectivity index (χ2n) is 5.76. The maximum absolute atomic E-state index is 12.3. The van der Waals surface area contributed by atoms with Crippen molar-refractivity contribution in [2.24, 2.45) is 0 Å². The van der Waals surface area contributed by atoms with Gasteiger partial charge >= 0.3 is 0 Å². The van der Waals surface area contributed by atoms with Gasteiger partial charge in [0.05, 0.1) is 0 Å². The van der Waals surface area contributed by atoms with Crippen LogP contribution < -0.4 is 10.6 Å². The molecule has 2 heterocycles. The van der Waals surface area contributed by atoms with Crippen molar-refractivity contribution in [3.05, 3.63) is 47.3 Å². The monoisotopic (exact) mass is 310 g/mol. The number of aromatic nitrogens is 2. The van der Waals surface area contributed by atoms with Crippen molar-refractivity contribution < 1.29 is 9.59 Å². The van der Waals surface area contributed by atoms with Gasteiger partial charge in [0.1, 0.15) is 0 Å². The van der Waals surface area contributed by atoms with E-state index < -0.39 is 0 Å². The Morgan fingerprint density at radius 1 is 1.26 bits per heavy atom. The zero-order valence-corrected chi connectivity index (χ0v) is 13.1. The lowest BCUT2D eigenvalue weighted by molar-refractivity contribution is -0.118. The second kappa shape index (κ2) is 6.16. The predicted octanol–water partition coefficient (Wildman–Crippen LogP) is 2.55. The highest BCUT2D eigenvalue weighted by Gasteiger charge is 2.26. The molecule has 1 unspecified atom stereocenters. The number of carbonyl (C=O) groups excluding carboxylic acids is 2. The largest absolute Gasteiger partial charge is 0.326 e. The molecule has 2 N–H and O–H groups in total. The lowest BCUT2D eigenvalue weighted by atomic mass is 9.88. The van der Waals surface area contributed by atoms with E-state index in [0.29, 0.717) is 12.4 Å². The number of rotatable bonds is 3. The summed E-state index contributed by atoms with van der Waals surface area (Å²) in [5, 5.41) is 5.56. The van der Waals surface area contributed by atoms with Gasteiger partial charge in [0, 0.05) is 35.8 Å². The van der Waals surface area contributed by atoms with Crippen LogP contribution >= 0.6 is 0 Å². The van der Waals surface area contributed by atoms with Gasteiger partial charge in [-0.3, -0.25) is 14.9 Å². The van der Waals surface area contributed by atoms with Crippen molar-refractivity contribution in [1.29, 1.82) is 0 Å². The molecule has 0 radical (unpaired) electrons. The van der Waals surface area contributed by atoms with E-state index in [2.05, 4.69) is 20.6 Å². The molecule has 1 aromatic carbocycles. The Bertz CT molecular complexity index is 753. The summed E-state index contributed by atoms with van der Waals surface area (Å²) in [7, 11) is 0. The number of hydrogen-bond acceptors (Lipinski definition) is 4. The SMILES string of the molecule is Cc1cc(C)nc(NC(=O)CC2CC(=O)Nc3ccccc32)n1. The van der Waals surface area contributed by atoms with Crippen LogP contribution in [0, 0.1) is 13.8 Å². The van der Waals surface area contributed by atoms with Crippen LogP contribution in [0.15, 0.2) is 30.3 Å². The number of carbonyl (C=O) groups is 2. The average molecular weight is 310 g/mol. The number of aryl methyl sites for hydroxylation is 2. The summed E-state index contributed by atoms with van der Waals surface area (Å²) in [4.78, 5) is 32.5. The van der Waals surface area contributed by atoms with E-state index >= 15 is 0 Å². The Balaban J connectivity index is 1.74. The van der Waals surface area contributed by atoms with E-state index in [1.54, 1.807) is 0 Å². The van der Waals surface area contributed by atoms with Crippen LogP contribution in [-0.4, -0.2) is 21.8 Å². The minimum Gasteiger partial charge on any atom is -0.326 e. The molecule has 0 saturated heterocycles. The number of fused-ring (bicyclic) bond motifs is 1. The first-order chi connectivity index (χ1) is 11.0. The standard InChI is InChI=1S/C17H18N4O2/c1-10-7-11(2)19-17(18-10)21-16(23)9-12-8-15(22)20-14-6-4-3-5-13(12)14/h3-7,12H,8-9H2,1-2H3,(H,20,22)(H,18,19,21,23). The average Bonchev–Trinajstić information content (AvgIpc) is 2.45. The van der Waals surface area contributed by atoms with Crippen LogP contribution in [0.4, 0.5) is 11.6 Å². The fraction of sp³-hybridized carbons (Fsp3) is 0.294. The summed E-state index contributed by atoms with van der Waals surface area (Å²) in [5.41, 5.74) is 3.37. The van der Waals surface area contributed by atoms with Gasteiger partial charge in [-0.2, -0.15) is 0 Å². The minimum absolute atomic E-state index is 0.0656. The van der Waals surface area contributed by atoms with Crippen LogP contribution in [0.25, 0.3) is 0 Å². The van der Waals surface area contributed by atoms with Gasteiger partial charge in [-0.05, 0) is 31.5 Å². The maximum Gasteiger partial charge on any atom is 0.229 e. The minimum atomic E-state index is -0.190. The topological polar surface area (TPSA) is 84.0 Å². The molecule has 0 saturated carbocycles. The fourth-order valence-electron chi connectivity index (χ4n) is 2.87. The lowest BCUT2D eigenvalue weighted by Crippen LogP contribution is -2.26. The molecule has 118 valence electrons. The van der Waals surface area contributed by atoms with Crippen LogP contribution in [0.5, 0.6) is 0 Å². The van der Waals surface area contributed by atoms with Gasteiger partial charge in [0.15, 0.2) is 0 Å². The molecule has 6 nitrogen and oxygen atoms in total. The first-order valence-corrected chi connectivity index (χ1v) is 7.52. The summed E-state index contributed by atoms with van der Waals surface area (Å²) in [6.07, 6.45) is 0.527. The van der Waals surface area contributed by atoms with Gasteiger partial charge in [-0.15, -0.1) is 0 Å². The number of hydrogen-bond donors (Lipinski definition) is 2. The van der Waals surface area contributed by atoms with Crippen LogP contribution in [0.3, 0.4) is 0 Å². The quantitative estimate of drug-likeness (QED) is 0.912. The number of anilines is 2. The summed E-state index contributed by atoms with van der Waals surface area (Å²) in [6.45, 7) is 3.71. The first kappa shape index (κ1) is 15.1. The molecule has 0 spiro atoms. The smallest absolute Gasteiger partial charge is 0.229 e. The highest BCUT2D eigenvalue weighted by Crippen LogP contribution is 2.34. The molecular formula is C17H18N4O2.